The minimum Gasteiger partial charge on any atom is -0.459 e. The van der Waals surface area contributed by atoms with Crippen LogP contribution in [-0.4, -0.2) is 62.9 Å². The molecule has 10 heteroatoms. The summed E-state index contributed by atoms with van der Waals surface area (Å²) in [6.07, 6.45) is 1.51. The van der Waals surface area contributed by atoms with E-state index in [1.165, 1.54) is 6.26 Å². The number of piperazine rings is 1. The average Bonchev–Trinajstić information content (AvgIpc) is 3.32. The number of amides is 1. The van der Waals surface area contributed by atoms with Crippen LogP contribution in [0.3, 0.4) is 0 Å². The highest BCUT2D eigenvalue weighted by Crippen LogP contribution is 2.15. The van der Waals surface area contributed by atoms with Crippen molar-refractivity contribution in [2.75, 3.05) is 36.8 Å². The molecule has 2 aromatic heterocycles. The fraction of sp³-hybridized carbons (Fsp3) is 0.320. The molecule has 182 valence electrons. The first-order chi connectivity index (χ1) is 16.8. The maximum atomic E-state index is 12.7. The minimum absolute atomic E-state index is 0.120. The predicted molar refractivity (Wildman–Crippen MR) is 141 cm³/mol. The van der Waals surface area contributed by atoms with Gasteiger partial charge in [-0.05, 0) is 81.4 Å². The average molecular weight is 492 g/mol. The Labute approximate surface area is 210 Å². The summed E-state index contributed by atoms with van der Waals surface area (Å²) in [5, 5.41) is 6.77. The van der Waals surface area contributed by atoms with E-state index in [0.717, 1.165) is 28.2 Å². The number of furan rings is 1. The lowest BCUT2D eigenvalue weighted by molar-refractivity contribution is 0.0660. The highest BCUT2D eigenvalue weighted by molar-refractivity contribution is 7.80. The van der Waals surface area contributed by atoms with E-state index in [1.54, 1.807) is 17.0 Å². The molecule has 3 aromatic rings. The van der Waals surface area contributed by atoms with Crippen LogP contribution in [0.25, 0.3) is 0 Å². The van der Waals surface area contributed by atoms with Crippen LogP contribution in [0.2, 0.25) is 0 Å². The number of hydrogen-bond donors (Lipinski definition) is 2. The zero-order valence-electron chi connectivity index (χ0n) is 20.3. The van der Waals surface area contributed by atoms with Crippen molar-refractivity contribution in [1.82, 2.24) is 19.8 Å². The van der Waals surface area contributed by atoms with Gasteiger partial charge in [-0.2, -0.15) is 4.99 Å². The van der Waals surface area contributed by atoms with Gasteiger partial charge in [0.15, 0.2) is 5.76 Å². The van der Waals surface area contributed by atoms with Gasteiger partial charge >= 0.3 is 0 Å². The lowest BCUT2D eigenvalue weighted by atomic mass is 10.1. The molecule has 0 radical (unpaired) electrons. The van der Waals surface area contributed by atoms with Crippen LogP contribution in [-0.2, 0) is 0 Å². The Hall–Kier alpha value is -3.79. The number of benzene rings is 1. The van der Waals surface area contributed by atoms with Gasteiger partial charge in [0.1, 0.15) is 0 Å². The van der Waals surface area contributed by atoms with Gasteiger partial charge in [-0.3, -0.25) is 10.1 Å². The summed E-state index contributed by atoms with van der Waals surface area (Å²) < 4.78 is 5.27. The lowest BCUT2D eigenvalue weighted by Gasteiger charge is -2.36. The van der Waals surface area contributed by atoms with Crippen LogP contribution in [0.1, 0.15) is 33.1 Å². The van der Waals surface area contributed by atoms with Crippen LogP contribution in [0, 0.1) is 27.7 Å². The van der Waals surface area contributed by atoms with Crippen LogP contribution in [0.5, 0.6) is 0 Å². The third-order valence-corrected chi connectivity index (χ3v) is 5.68. The number of rotatable bonds is 3. The van der Waals surface area contributed by atoms with E-state index in [1.807, 2.05) is 50.8 Å². The summed E-state index contributed by atoms with van der Waals surface area (Å²) >= 11 is 5.57. The number of nitrogens with one attached hydrogen (secondary N) is 2. The lowest BCUT2D eigenvalue weighted by Crippen LogP contribution is -2.52. The maximum absolute atomic E-state index is 12.7. The molecule has 0 bridgehead atoms. The van der Waals surface area contributed by atoms with E-state index >= 15 is 0 Å². The second kappa shape index (κ2) is 10.6. The van der Waals surface area contributed by atoms with Crippen LogP contribution >= 0.6 is 12.2 Å². The van der Waals surface area contributed by atoms with Crippen LogP contribution in [0.15, 0.2) is 52.1 Å². The number of aromatic nitrogens is 2. The fourth-order valence-electron chi connectivity index (χ4n) is 4.03. The van der Waals surface area contributed by atoms with Gasteiger partial charge in [0, 0.05) is 43.3 Å². The van der Waals surface area contributed by atoms with E-state index in [9.17, 15) is 4.79 Å². The summed E-state index contributed by atoms with van der Waals surface area (Å²) in [5.74, 6) is 1.20. The summed E-state index contributed by atoms with van der Waals surface area (Å²) in [4.78, 5) is 30.1. The third-order valence-electron chi connectivity index (χ3n) is 5.48. The van der Waals surface area contributed by atoms with Crippen LogP contribution < -0.4 is 10.6 Å². The van der Waals surface area contributed by atoms with Crippen LogP contribution in [0.4, 0.5) is 11.6 Å². The molecule has 1 fully saturated rings. The van der Waals surface area contributed by atoms with Gasteiger partial charge in [0.05, 0.1) is 6.26 Å². The molecule has 0 atom stereocenters. The number of hydrogen-bond acceptors (Lipinski definition) is 5. The summed E-state index contributed by atoms with van der Waals surface area (Å²) in [7, 11) is 0. The van der Waals surface area contributed by atoms with Crippen molar-refractivity contribution >= 4 is 40.8 Å². The SMILES string of the molecule is Cc1cc(C)cc(NC(=S)/N=C(/Nc2nc(C)cc(C)n2)N2CCN(C(=O)c3ccco3)CC2)c1. The van der Waals surface area contributed by atoms with E-state index in [-0.39, 0.29) is 5.91 Å². The molecule has 2 N–H and O–H groups in total. The van der Waals surface area contributed by atoms with Crippen molar-refractivity contribution in [3.8, 4) is 0 Å². The third kappa shape index (κ3) is 6.42. The molecule has 0 aliphatic carbocycles. The normalized spacial score (nSPS) is 14.1. The molecule has 3 heterocycles. The van der Waals surface area contributed by atoms with Crippen molar-refractivity contribution in [3.05, 3.63) is 70.9 Å². The number of thiocarbonyl (C=S) groups is 1. The second-order valence-corrected chi connectivity index (χ2v) is 8.98. The smallest absolute Gasteiger partial charge is 0.289 e. The molecule has 4 rings (SSSR count). The first-order valence-electron chi connectivity index (χ1n) is 11.4. The molecular formula is C25H29N7O2S. The molecular weight excluding hydrogens is 462 g/mol. The largest absolute Gasteiger partial charge is 0.459 e. The van der Waals surface area contributed by atoms with E-state index in [2.05, 4.69) is 31.7 Å². The minimum atomic E-state index is -0.120. The van der Waals surface area contributed by atoms with E-state index < -0.39 is 0 Å². The summed E-state index contributed by atoms with van der Waals surface area (Å²) in [6, 6.07) is 11.4. The Kier molecular flexibility index (Phi) is 7.40. The number of aryl methyl sites for hydroxylation is 4. The highest BCUT2D eigenvalue weighted by Gasteiger charge is 2.26. The standard InChI is InChI=1S/C25H29N7O2S/c1-16-12-17(2)14-20(13-16)28-25(35)30-24(29-23-26-18(3)15-19(4)27-23)32-9-7-31(8-10-32)22(33)21-6-5-11-34-21/h5-6,11-15H,7-10H2,1-4H3,(H2,26,27,28,29,30,35). The number of anilines is 2. The van der Waals surface area contributed by atoms with E-state index in [4.69, 9.17) is 16.6 Å². The van der Waals surface area contributed by atoms with Crippen molar-refractivity contribution in [2.45, 2.75) is 27.7 Å². The maximum Gasteiger partial charge on any atom is 0.289 e. The molecule has 35 heavy (non-hydrogen) atoms. The van der Waals surface area contributed by atoms with E-state index in [0.29, 0.717) is 49.0 Å². The molecule has 0 spiro atoms. The quantitative estimate of drug-likeness (QED) is 0.323. The molecule has 1 amide bonds. The van der Waals surface area contributed by atoms with Gasteiger partial charge in [-0.15, -0.1) is 0 Å². The fourth-order valence-corrected chi connectivity index (χ4v) is 4.24. The zero-order chi connectivity index (χ0) is 24.9. The molecule has 1 aliphatic heterocycles. The Morgan fingerprint density at radius 2 is 1.57 bits per heavy atom. The molecule has 0 unspecified atom stereocenters. The molecule has 9 nitrogen and oxygen atoms in total. The molecule has 1 aromatic carbocycles. The second-order valence-electron chi connectivity index (χ2n) is 8.60. The topological polar surface area (TPSA) is 98.9 Å². The van der Waals surface area contributed by atoms with Gasteiger partial charge < -0.3 is 19.5 Å². The van der Waals surface area contributed by atoms with Crippen molar-refractivity contribution in [3.63, 3.8) is 0 Å². The monoisotopic (exact) mass is 491 g/mol. The highest BCUT2D eigenvalue weighted by atomic mass is 32.1. The first-order valence-corrected chi connectivity index (χ1v) is 11.8. The van der Waals surface area contributed by atoms with Crippen molar-refractivity contribution in [2.24, 2.45) is 4.99 Å². The predicted octanol–water partition coefficient (Wildman–Crippen LogP) is 3.93. The van der Waals surface area contributed by atoms with Gasteiger partial charge in [0.2, 0.25) is 17.0 Å². The number of carbonyl (C=O) groups is 1. The molecule has 1 aliphatic rings. The Morgan fingerprint density at radius 3 is 2.17 bits per heavy atom. The number of nitrogens with zero attached hydrogens (tertiary/aromatic N) is 5. The summed E-state index contributed by atoms with van der Waals surface area (Å²) in [6.45, 7) is 10.1. The first kappa shape index (κ1) is 24.3. The number of guanidine groups is 1. The summed E-state index contributed by atoms with van der Waals surface area (Å²) in [5.41, 5.74) is 4.86. The molecule has 1 saturated heterocycles. The number of aliphatic imine (C=N–C) groups is 1. The Morgan fingerprint density at radius 1 is 0.943 bits per heavy atom. The van der Waals surface area contributed by atoms with Crippen molar-refractivity contribution in [1.29, 1.82) is 0 Å². The Balaban J connectivity index is 1.53. The molecule has 0 saturated carbocycles. The van der Waals surface area contributed by atoms with Gasteiger partial charge in [-0.1, -0.05) is 6.07 Å². The van der Waals surface area contributed by atoms with Gasteiger partial charge in [-0.25, -0.2) is 9.97 Å². The zero-order valence-corrected chi connectivity index (χ0v) is 21.1. The Bertz CT molecular complexity index is 1210. The van der Waals surface area contributed by atoms with Crippen molar-refractivity contribution < 1.29 is 9.21 Å². The van der Waals surface area contributed by atoms with Gasteiger partial charge in [0.25, 0.3) is 5.91 Å². The number of carbonyl (C=O) groups excluding carboxylic acids is 1.